The number of aliphatic hydroxyl groups excluding tert-OH is 2. The summed E-state index contributed by atoms with van der Waals surface area (Å²) in [5, 5.41) is 18.5. The van der Waals surface area contributed by atoms with Gasteiger partial charge in [0.25, 0.3) is 0 Å². The number of rotatable bonds is 6. The lowest BCUT2D eigenvalue weighted by Gasteiger charge is -2.42. The standard InChI is InChI=1S/C13H24F3NO2/c1-11-3-2-4-12(7-11,10-19)8-17(5-6-18)9-13(14,15)16/h11,18-19H,2-10H2,1H3. The van der Waals surface area contributed by atoms with Crippen LogP contribution in [-0.2, 0) is 0 Å². The van der Waals surface area contributed by atoms with E-state index in [0.29, 0.717) is 5.92 Å². The molecule has 1 saturated carbocycles. The molecule has 1 fully saturated rings. The van der Waals surface area contributed by atoms with E-state index in [1.54, 1.807) is 0 Å². The Morgan fingerprint density at radius 3 is 2.47 bits per heavy atom. The molecule has 0 aromatic heterocycles. The molecule has 0 aliphatic heterocycles. The molecule has 2 N–H and O–H groups in total. The van der Waals surface area contributed by atoms with Gasteiger partial charge in [0, 0.05) is 25.1 Å². The molecule has 3 nitrogen and oxygen atoms in total. The largest absolute Gasteiger partial charge is 0.401 e. The predicted molar refractivity (Wildman–Crippen MR) is 66.7 cm³/mol. The Labute approximate surface area is 112 Å². The fraction of sp³-hybridized carbons (Fsp3) is 1.00. The maximum absolute atomic E-state index is 12.5. The summed E-state index contributed by atoms with van der Waals surface area (Å²) in [6.07, 6.45) is -0.745. The maximum Gasteiger partial charge on any atom is 0.401 e. The maximum atomic E-state index is 12.5. The van der Waals surface area contributed by atoms with Crippen molar-refractivity contribution in [3.05, 3.63) is 0 Å². The van der Waals surface area contributed by atoms with Crippen LogP contribution in [0.25, 0.3) is 0 Å². The molecule has 2 atom stereocenters. The van der Waals surface area contributed by atoms with Crippen LogP contribution < -0.4 is 0 Å². The van der Waals surface area contributed by atoms with Crippen molar-refractivity contribution in [3.8, 4) is 0 Å². The average Bonchev–Trinajstić information content (AvgIpc) is 2.27. The zero-order chi connectivity index (χ0) is 14.5. The molecule has 1 aliphatic rings. The highest BCUT2D eigenvalue weighted by molar-refractivity contribution is 4.88. The van der Waals surface area contributed by atoms with Gasteiger partial charge < -0.3 is 10.2 Å². The number of hydrogen-bond acceptors (Lipinski definition) is 3. The molecule has 1 rings (SSSR count). The Kier molecular flexibility index (Phi) is 6.08. The van der Waals surface area contributed by atoms with Gasteiger partial charge in [-0.2, -0.15) is 13.2 Å². The highest BCUT2D eigenvalue weighted by Crippen LogP contribution is 2.40. The van der Waals surface area contributed by atoms with Crippen molar-refractivity contribution in [2.24, 2.45) is 11.3 Å². The van der Waals surface area contributed by atoms with Gasteiger partial charge in [-0.25, -0.2) is 0 Å². The topological polar surface area (TPSA) is 43.7 Å². The molecular weight excluding hydrogens is 259 g/mol. The quantitative estimate of drug-likeness (QED) is 0.784. The second kappa shape index (κ2) is 6.90. The Balaban J connectivity index is 2.68. The van der Waals surface area contributed by atoms with E-state index in [4.69, 9.17) is 5.11 Å². The van der Waals surface area contributed by atoms with Crippen LogP contribution in [0.2, 0.25) is 0 Å². The molecule has 0 saturated heterocycles. The Morgan fingerprint density at radius 2 is 2.00 bits per heavy atom. The van der Waals surface area contributed by atoms with E-state index in [2.05, 4.69) is 6.92 Å². The molecule has 2 unspecified atom stereocenters. The van der Waals surface area contributed by atoms with E-state index in [9.17, 15) is 18.3 Å². The minimum atomic E-state index is -4.27. The minimum Gasteiger partial charge on any atom is -0.396 e. The van der Waals surface area contributed by atoms with Crippen LogP contribution in [0.5, 0.6) is 0 Å². The molecule has 114 valence electrons. The first kappa shape index (κ1) is 16.7. The molecule has 1 aliphatic carbocycles. The first-order valence-electron chi connectivity index (χ1n) is 6.81. The van der Waals surface area contributed by atoms with Crippen LogP contribution in [0.1, 0.15) is 32.6 Å². The van der Waals surface area contributed by atoms with E-state index in [1.807, 2.05) is 0 Å². The monoisotopic (exact) mass is 283 g/mol. The zero-order valence-corrected chi connectivity index (χ0v) is 11.4. The first-order valence-corrected chi connectivity index (χ1v) is 6.81. The fourth-order valence-electron chi connectivity index (χ4n) is 3.19. The molecule has 6 heteroatoms. The van der Waals surface area contributed by atoms with Crippen LogP contribution in [0.3, 0.4) is 0 Å². The zero-order valence-electron chi connectivity index (χ0n) is 11.4. The van der Waals surface area contributed by atoms with Crippen LogP contribution >= 0.6 is 0 Å². The Morgan fingerprint density at radius 1 is 1.32 bits per heavy atom. The Bertz CT molecular complexity index is 273. The summed E-state index contributed by atoms with van der Waals surface area (Å²) in [6, 6.07) is 0. The van der Waals surface area contributed by atoms with Crippen LogP contribution in [0.15, 0.2) is 0 Å². The minimum absolute atomic E-state index is 0.00432. The van der Waals surface area contributed by atoms with Gasteiger partial charge in [-0.15, -0.1) is 0 Å². The van der Waals surface area contributed by atoms with Crippen LogP contribution in [0, 0.1) is 11.3 Å². The number of alkyl halides is 3. The number of hydrogen-bond donors (Lipinski definition) is 2. The molecule has 0 spiro atoms. The smallest absolute Gasteiger partial charge is 0.396 e. The summed E-state index contributed by atoms with van der Waals surface area (Å²) in [4.78, 5) is 1.22. The van der Waals surface area contributed by atoms with Gasteiger partial charge in [0.2, 0.25) is 0 Å². The van der Waals surface area contributed by atoms with Crippen molar-refractivity contribution in [1.29, 1.82) is 0 Å². The molecule has 19 heavy (non-hydrogen) atoms. The Hall–Kier alpha value is -0.330. The lowest BCUT2D eigenvalue weighted by Crippen LogP contribution is -2.47. The summed E-state index contributed by atoms with van der Waals surface area (Å²) in [7, 11) is 0. The molecule has 0 radical (unpaired) electrons. The van der Waals surface area contributed by atoms with Crippen molar-refractivity contribution in [2.45, 2.75) is 38.8 Å². The lowest BCUT2D eigenvalue weighted by molar-refractivity contribution is -0.152. The molecule has 0 amide bonds. The second-order valence-electron chi connectivity index (χ2n) is 5.91. The van der Waals surface area contributed by atoms with Crippen molar-refractivity contribution < 1.29 is 23.4 Å². The van der Waals surface area contributed by atoms with Crippen molar-refractivity contribution >= 4 is 0 Å². The molecule has 0 aromatic carbocycles. The second-order valence-corrected chi connectivity index (χ2v) is 5.91. The third-order valence-corrected chi connectivity index (χ3v) is 3.90. The van der Waals surface area contributed by atoms with Gasteiger partial charge in [-0.3, -0.25) is 4.90 Å². The number of aliphatic hydroxyl groups is 2. The van der Waals surface area contributed by atoms with Gasteiger partial charge in [0.1, 0.15) is 0 Å². The molecular formula is C13H24F3NO2. The van der Waals surface area contributed by atoms with E-state index in [-0.39, 0.29) is 26.3 Å². The van der Waals surface area contributed by atoms with E-state index >= 15 is 0 Å². The lowest BCUT2D eigenvalue weighted by atomic mass is 9.70. The third kappa shape index (κ3) is 5.67. The van der Waals surface area contributed by atoms with Gasteiger partial charge in [0.15, 0.2) is 0 Å². The van der Waals surface area contributed by atoms with E-state index in [1.165, 1.54) is 4.90 Å². The summed E-state index contributed by atoms with van der Waals surface area (Å²) >= 11 is 0. The average molecular weight is 283 g/mol. The van der Waals surface area contributed by atoms with Gasteiger partial charge in [0.05, 0.1) is 13.2 Å². The number of halogens is 3. The summed E-state index contributed by atoms with van der Waals surface area (Å²) < 4.78 is 37.5. The van der Waals surface area contributed by atoms with E-state index in [0.717, 1.165) is 25.7 Å². The highest BCUT2D eigenvalue weighted by atomic mass is 19.4. The summed E-state index contributed by atoms with van der Waals surface area (Å²) in [6.45, 7) is 0.862. The summed E-state index contributed by atoms with van der Waals surface area (Å²) in [5.41, 5.74) is -0.446. The fourth-order valence-corrected chi connectivity index (χ4v) is 3.19. The van der Waals surface area contributed by atoms with Crippen LogP contribution in [-0.4, -0.2) is 54.1 Å². The normalized spacial score (nSPS) is 28.9. The molecule has 0 heterocycles. The van der Waals surface area contributed by atoms with Crippen molar-refractivity contribution in [3.63, 3.8) is 0 Å². The molecule has 0 bridgehead atoms. The van der Waals surface area contributed by atoms with Gasteiger partial charge in [-0.05, 0) is 18.8 Å². The third-order valence-electron chi connectivity index (χ3n) is 3.90. The van der Waals surface area contributed by atoms with Crippen molar-refractivity contribution in [1.82, 2.24) is 4.90 Å². The van der Waals surface area contributed by atoms with Gasteiger partial charge in [-0.1, -0.05) is 19.8 Å². The summed E-state index contributed by atoms with van der Waals surface area (Å²) in [5.74, 6) is 0.433. The van der Waals surface area contributed by atoms with Gasteiger partial charge >= 0.3 is 6.18 Å². The SMILES string of the molecule is CC1CCCC(CO)(CN(CCO)CC(F)(F)F)C1. The highest BCUT2D eigenvalue weighted by Gasteiger charge is 2.39. The first-order chi connectivity index (χ1) is 8.80. The van der Waals surface area contributed by atoms with Crippen molar-refractivity contribution in [2.75, 3.05) is 32.8 Å². The van der Waals surface area contributed by atoms with E-state index < -0.39 is 18.1 Å². The van der Waals surface area contributed by atoms with Crippen LogP contribution in [0.4, 0.5) is 13.2 Å². The molecule has 0 aromatic rings. The predicted octanol–water partition coefficient (Wildman–Crippen LogP) is 2.03. The number of nitrogens with zero attached hydrogens (tertiary/aromatic N) is 1.